The lowest BCUT2D eigenvalue weighted by Crippen LogP contribution is -2.30. The van der Waals surface area contributed by atoms with E-state index in [0.29, 0.717) is 6.61 Å². The van der Waals surface area contributed by atoms with E-state index in [9.17, 15) is 4.79 Å². The normalized spacial score (nSPS) is 20.2. The average Bonchev–Trinajstić information content (AvgIpc) is 2.81. The fourth-order valence-corrected chi connectivity index (χ4v) is 0.589. The third-order valence-electron chi connectivity index (χ3n) is 1.31. The monoisotopic (exact) mass is 155 g/mol. The molecule has 1 fully saturated rings. The highest BCUT2D eigenvalue weighted by molar-refractivity contribution is 5.67. The second-order valence-electron chi connectivity index (χ2n) is 2.16. The second kappa shape index (κ2) is 3.26. The van der Waals surface area contributed by atoms with E-state index in [1.807, 2.05) is 0 Å². The third kappa shape index (κ3) is 2.13. The molecule has 1 unspecified atom stereocenters. The van der Waals surface area contributed by atoms with Crippen molar-refractivity contribution in [3.63, 3.8) is 0 Å². The lowest BCUT2D eigenvalue weighted by molar-refractivity contribution is 0.106. The summed E-state index contributed by atoms with van der Waals surface area (Å²) < 4.78 is 9.47. The topological polar surface area (TPSA) is 42.1 Å². The molecule has 1 amide bonds. The van der Waals surface area contributed by atoms with Crippen molar-refractivity contribution in [2.24, 2.45) is 0 Å². The number of terminal acetylenes is 1. The number of ether oxygens (including phenoxy) is 2. The zero-order valence-corrected chi connectivity index (χ0v) is 6.24. The summed E-state index contributed by atoms with van der Waals surface area (Å²) in [6.07, 6.45) is 4.34. The highest BCUT2D eigenvalue weighted by Gasteiger charge is 2.31. The summed E-state index contributed by atoms with van der Waals surface area (Å²) in [5.74, 6) is 2.20. The van der Waals surface area contributed by atoms with E-state index in [4.69, 9.17) is 11.2 Å². The number of amides is 1. The van der Waals surface area contributed by atoms with Gasteiger partial charge in [-0.3, -0.25) is 4.90 Å². The third-order valence-corrected chi connectivity index (χ3v) is 1.31. The van der Waals surface area contributed by atoms with E-state index >= 15 is 0 Å². The molecule has 1 aliphatic heterocycles. The minimum absolute atomic E-state index is 0.00981. The van der Waals surface area contributed by atoms with Crippen molar-refractivity contribution in [2.45, 2.75) is 6.23 Å². The van der Waals surface area contributed by atoms with Crippen molar-refractivity contribution < 1.29 is 14.3 Å². The van der Waals surface area contributed by atoms with E-state index < -0.39 is 6.09 Å². The number of nitrogens with zero attached hydrogens (tertiary/aromatic N) is 1. The molecule has 11 heavy (non-hydrogen) atoms. The lowest BCUT2D eigenvalue weighted by Gasteiger charge is -2.11. The van der Waals surface area contributed by atoms with Crippen molar-refractivity contribution in [1.29, 1.82) is 0 Å². The molecule has 1 saturated heterocycles. The summed E-state index contributed by atoms with van der Waals surface area (Å²) in [4.78, 5) is 12.3. The molecule has 4 nitrogen and oxygen atoms in total. The first kappa shape index (κ1) is 7.89. The zero-order valence-electron chi connectivity index (χ0n) is 6.24. The molecule has 0 N–H and O–H groups in total. The van der Waals surface area contributed by atoms with Gasteiger partial charge >= 0.3 is 6.09 Å². The maximum Gasteiger partial charge on any atom is 0.412 e. The van der Waals surface area contributed by atoms with Gasteiger partial charge in [0.05, 0.1) is 6.61 Å². The Morgan fingerprint density at radius 2 is 2.64 bits per heavy atom. The standard InChI is InChI=1S/C7H9NO3/c1-3-4-10-7(9)8(2)6-5-11-6/h1,6H,4-5H2,2H3. The van der Waals surface area contributed by atoms with Crippen LogP contribution in [-0.2, 0) is 9.47 Å². The first-order chi connectivity index (χ1) is 5.25. The Morgan fingerprint density at radius 3 is 3.09 bits per heavy atom. The second-order valence-corrected chi connectivity index (χ2v) is 2.16. The average molecular weight is 155 g/mol. The number of likely N-dealkylation sites (N-methyl/N-ethyl adjacent to an activating group) is 1. The molecule has 0 aromatic heterocycles. The predicted molar refractivity (Wildman–Crippen MR) is 37.7 cm³/mol. The van der Waals surface area contributed by atoms with Gasteiger partial charge in [-0.05, 0) is 0 Å². The Balaban J connectivity index is 2.23. The van der Waals surface area contributed by atoms with E-state index in [0.717, 1.165) is 0 Å². The van der Waals surface area contributed by atoms with Crippen molar-refractivity contribution in [3.8, 4) is 12.3 Å². The Bertz CT molecular complexity index is 192. The Kier molecular flexibility index (Phi) is 2.34. The lowest BCUT2D eigenvalue weighted by atomic mass is 10.6. The van der Waals surface area contributed by atoms with Crippen molar-refractivity contribution in [1.82, 2.24) is 4.90 Å². The molecule has 0 aromatic carbocycles. The number of carbonyl (C=O) groups is 1. The SMILES string of the molecule is C#CCOC(=O)N(C)C1CO1. The molecule has 0 aromatic rings. The van der Waals surface area contributed by atoms with Crippen molar-refractivity contribution >= 4 is 6.09 Å². The van der Waals surface area contributed by atoms with Gasteiger partial charge in [-0.2, -0.15) is 0 Å². The minimum atomic E-state index is -0.439. The molecule has 1 heterocycles. The minimum Gasteiger partial charge on any atom is -0.436 e. The van der Waals surface area contributed by atoms with Gasteiger partial charge in [0.1, 0.15) is 0 Å². The molecule has 0 saturated carbocycles. The van der Waals surface area contributed by atoms with Crippen LogP contribution in [0.4, 0.5) is 4.79 Å². The highest BCUT2D eigenvalue weighted by Crippen LogP contribution is 2.13. The van der Waals surface area contributed by atoms with Gasteiger partial charge in [-0.1, -0.05) is 5.92 Å². The van der Waals surface area contributed by atoms with E-state index in [-0.39, 0.29) is 12.8 Å². The fourth-order valence-electron chi connectivity index (χ4n) is 0.589. The number of carbonyl (C=O) groups excluding carboxylic acids is 1. The number of rotatable bonds is 2. The molecule has 1 aliphatic rings. The summed E-state index contributed by atoms with van der Waals surface area (Å²) >= 11 is 0. The van der Waals surface area contributed by atoms with E-state index in [2.05, 4.69) is 10.7 Å². The molecular weight excluding hydrogens is 146 g/mol. The number of hydrogen-bond acceptors (Lipinski definition) is 3. The maximum atomic E-state index is 10.9. The van der Waals surface area contributed by atoms with Crippen LogP contribution in [0.2, 0.25) is 0 Å². The van der Waals surface area contributed by atoms with Crippen LogP contribution in [0.3, 0.4) is 0 Å². The Labute approximate surface area is 65.1 Å². The van der Waals surface area contributed by atoms with Crippen LogP contribution in [0, 0.1) is 12.3 Å². The molecular formula is C7H9NO3. The predicted octanol–water partition coefficient (Wildman–Crippen LogP) is 0.0443. The zero-order chi connectivity index (χ0) is 8.27. The Morgan fingerprint density at radius 1 is 2.00 bits per heavy atom. The number of hydrogen-bond donors (Lipinski definition) is 0. The highest BCUT2D eigenvalue weighted by atomic mass is 16.6. The Hall–Kier alpha value is -1.21. The molecule has 0 aliphatic carbocycles. The van der Waals surface area contributed by atoms with Gasteiger partial charge in [0.25, 0.3) is 0 Å². The number of epoxide rings is 1. The van der Waals surface area contributed by atoms with Gasteiger partial charge in [-0.15, -0.1) is 6.42 Å². The first-order valence-electron chi connectivity index (χ1n) is 3.20. The van der Waals surface area contributed by atoms with E-state index in [1.165, 1.54) is 4.90 Å². The summed E-state index contributed by atoms with van der Waals surface area (Å²) in [6.45, 7) is 0.595. The summed E-state index contributed by atoms with van der Waals surface area (Å²) in [6, 6.07) is 0. The molecule has 1 rings (SSSR count). The smallest absolute Gasteiger partial charge is 0.412 e. The van der Waals surface area contributed by atoms with Crippen LogP contribution in [0.5, 0.6) is 0 Å². The van der Waals surface area contributed by atoms with Crippen LogP contribution in [0.1, 0.15) is 0 Å². The van der Waals surface area contributed by atoms with Gasteiger partial charge in [0.15, 0.2) is 12.8 Å². The van der Waals surface area contributed by atoms with E-state index in [1.54, 1.807) is 7.05 Å². The van der Waals surface area contributed by atoms with Crippen LogP contribution in [-0.4, -0.2) is 37.5 Å². The van der Waals surface area contributed by atoms with Crippen molar-refractivity contribution in [3.05, 3.63) is 0 Å². The summed E-state index contributed by atoms with van der Waals surface area (Å²) in [7, 11) is 1.61. The summed E-state index contributed by atoms with van der Waals surface area (Å²) in [5.41, 5.74) is 0. The summed E-state index contributed by atoms with van der Waals surface area (Å²) in [5, 5.41) is 0. The van der Waals surface area contributed by atoms with Crippen molar-refractivity contribution in [2.75, 3.05) is 20.3 Å². The van der Waals surface area contributed by atoms with Crippen LogP contribution in [0.15, 0.2) is 0 Å². The molecule has 0 radical (unpaired) electrons. The van der Waals surface area contributed by atoms with Crippen LogP contribution < -0.4 is 0 Å². The fraction of sp³-hybridized carbons (Fsp3) is 0.571. The molecule has 60 valence electrons. The van der Waals surface area contributed by atoms with Gasteiger partial charge < -0.3 is 9.47 Å². The van der Waals surface area contributed by atoms with Gasteiger partial charge in [0, 0.05) is 7.05 Å². The quantitative estimate of drug-likeness (QED) is 0.418. The first-order valence-corrected chi connectivity index (χ1v) is 3.20. The molecule has 1 atom stereocenters. The molecule has 0 spiro atoms. The molecule has 0 bridgehead atoms. The van der Waals surface area contributed by atoms with Gasteiger partial charge in [-0.25, -0.2) is 4.79 Å². The molecule has 4 heteroatoms. The largest absolute Gasteiger partial charge is 0.436 e. The van der Waals surface area contributed by atoms with Crippen LogP contribution in [0.25, 0.3) is 0 Å². The van der Waals surface area contributed by atoms with Crippen LogP contribution >= 0.6 is 0 Å². The van der Waals surface area contributed by atoms with Gasteiger partial charge in [0.2, 0.25) is 0 Å². The maximum absolute atomic E-state index is 10.9.